The maximum Gasteiger partial charge on any atom is 0.0645 e. The Morgan fingerprint density at radius 1 is 0.380 bits per heavy atom. The van der Waals surface area contributed by atoms with Gasteiger partial charge in [-0.25, -0.2) is 0 Å². The number of fused-ring (bicyclic) bond motifs is 4. The van der Waals surface area contributed by atoms with Gasteiger partial charge < -0.3 is 4.90 Å². The zero-order valence-corrected chi connectivity index (χ0v) is 28.0. The van der Waals surface area contributed by atoms with Crippen molar-refractivity contribution in [2.24, 2.45) is 0 Å². The summed E-state index contributed by atoms with van der Waals surface area (Å²) in [5.41, 5.74) is 11.3. The van der Waals surface area contributed by atoms with Crippen LogP contribution in [0.5, 0.6) is 0 Å². The summed E-state index contributed by atoms with van der Waals surface area (Å²) in [5, 5.41) is 2.31. The van der Waals surface area contributed by atoms with Gasteiger partial charge >= 0.3 is 0 Å². The van der Waals surface area contributed by atoms with E-state index < -0.39 is 0 Å². The highest BCUT2D eigenvalue weighted by atomic mass is 15.1. The van der Waals surface area contributed by atoms with Gasteiger partial charge in [-0.15, -0.1) is 0 Å². The first-order chi connectivity index (χ1) is 26.2. The minimum absolute atomic E-state index is 0.0805. The highest BCUT2D eigenvalue weighted by molar-refractivity contribution is 5.90. The minimum atomic E-state index is -0.273. The topological polar surface area (TPSA) is 3.24 Å². The zero-order chi connectivity index (χ0) is 37.1. The first kappa shape index (κ1) is 25.8. The van der Waals surface area contributed by atoms with Gasteiger partial charge in [0.15, 0.2) is 0 Å². The van der Waals surface area contributed by atoms with Gasteiger partial charge in [-0.05, 0) is 109 Å². The summed E-state index contributed by atoms with van der Waals surface area (Å²) in [4.78, 5) is 1.91. The van der Waals surface area contributed by atoms with E-state index in [0.29, 0.717) is 5.56 Å². The zero-order valence-electron chi connectivity index (χ0n) is 32.0. The van der Waals surface area contributed by atoms with Crippen LogP contribution >= 0.6 is 0 Å². The second kappa shape index (κ2) is 12.1. The van der Waals surface area contributed by atoms with Crippen LogP contribution in [0.25, 0.3) is 55.3 Å². The quantitative estimate of drug-likeness (QED) is 0.174. The maximum atomic E-state index is 9.54. The Balaban J connectivity index is 1.22. The molecule has 1 aliphatic rings. The molecule has 0 fully saturated rings. The molecule has 1 nitrogen and oxygen atoms in total. The van der Waals surface area contributed by atoms with E-state index in [1.54, 1.807) is 0 Å². The molecule has 238 valence electrons. The molecule has 8 aromatic rings. The Hall–Kier alpha value is -6.18. The van der Waals surface area contributed by atoms with E-state index in [1.807, 2.05) is 89.8 Å². The van der Waals surface area contributed by atoms with Gasteiger partial charge in [0, 0.05) is 22.5 Å². The van der Waals surface area contributed by atoms with Crippen LogP contribution in [-0.2, 0) is 5.41 Å². The normalized spacial score (nSPS) is 13.9. The van der Waals surface area contributed by atoms with Crippen LogP contribution < -0.4 is 4.90 Å². The van der Waals surface area contributed by atoms with Crippen molar-refractivity contribution in [1.82, 2.24) is 0 Å². The molecular formula is C49H37N. The average Bonchev–Trinajstić information content (AvgIpc) is 3.44. The summed E-state index contributed by atoms with van der Waals surface area (Å²) in [6, 6.07) is 55.1. The highest BCUT2D eigenvalue weighted by Crippen LogP contribution is 2.50. The molecule has 1 heteroatoms. The van der Waals surface area contributed by atoms with Crippen LogP contribution in [0, 0.1) is 0 Å². The summed E-state index contributed by atoms with van der Waals surface area (Å²) < 4.78 is 37.8. The van der Waals surface area contributed by atoms with Gasteiger partial charge in [0.25, 0.3) is 0 Å². The molecule has 0 N–H and O–H groups in total. The fourth-order valence-electron chi connectivity index (χ4n) is 7.45. The SMILES string of the molecule is [2H]c1c([2H])c(N(c2cccc(-c3ccc4ccccc4c3)c2)c2ccc3c(c2)C(C)(C)c2ccccc2-3)c([2H])c([2H])c1-c1ccc(-c2ccccc2)cc1. The highest BCUT2D eigenvalue weighted by Gasteiger charge is 2.35. The standard InChI is InChI=1S/C49H37N/c1-49(2)47-18-9-8-17-45(47)46-30-29-44(33-48(46)49)50(43-16-10-15-40(32-43)41-24-23-35-13-6-7-14-39(35)31-41)42-27-25-38(26-28-42)37-21-19-36(20-22-37)34-11-4-3-5-12-34/h3-33H,1-2H3/i25D,26D,27D,28D. The van der Waals surface area contributed by atoms with Gasteiger partial charge in [0.2, 0.25) is 0 Å². The third-order valence-corrected chi connectivity index (χ3v) is 10.1. The fraction of sp³-hybridized carbons (Fsp3) is 0.0612. The molecule has 9 rings (SSSR count). The number of rotatable bonds is 6. The van der Waals surface area contributed by atoms with Crippen molar-refractivity contribution in [2.75, 3.05) is 4.90 Å². The first-order valence-corrected chi connectivity index (χ1v) is 17.1. The fourth-order valence-corrected chi connectivity index (χ4v) is 7.45. The molecule has 50 heavy (non-hydrogen) atoms. The van der Waals surface area contributed by atoms with Crippen molar-refractivity contribution in [3.63, 3.8) is 0 Å². The van der Waals surface area contributed by atoms with Crippen molar-refractivity contribution < 1.29 is 5.48 Å². The van der Waals surface area contributed by atoms with Crippen molar-refractivity contribution in [3.8, 4) is 44.5 Å². The molecular weight excluding hydrogens is 603 g/mol. The summed E-state index contributed by atoms with van der Waals surface area (Å²) in [6.45, 7) is 4.47. The molecule has 0 atom stereocenters. The Labute approximate surface area is 300 Å². The number of hydrogen-bond acceptors (Lipinski definition) is 1. The van der Waals surface area contributed by atoms with E-state index in [9.17, 15) is 5.48 Å². The predicted octanol–water partition coefficient (Wildman–Crippen LogP) is 13.6. The van der Waals surface area contributed by atoms with Crippen LogP contribution in [-0.4, -0.2) is 0 Å². The maximum absolute atomic E-state index is 9.54. The molecule has 0 radical (unpaired) electrons. The molecule has 0 heterocycles. The van der Waals surface area contributed by atoms with E-state index in [-0.39, 0.29) is 40.8 Å². The van der Waals surface area contributed by atoms with Gasteiger partial charge in [0.05, 0.1) is 5.48 Å². The lowest BCUT2D eigenvalue weighted by Crippen LogP contribution is -2.16. The van der Waals surface area contributed by atoms with Gasteiger partial charge in [-0.2, -0.15) is 0 Å². The van der Waals surface area contributed by atoms with Crippen LogP contribution in [0.3, 0.4) is 0 Å². The van der Waals surface area contributed by atoms with Crippen LogP contribution in [0.1, 0.15) is 30.5 Å². The van der Waals surface area contributed by atoms with Gasteiger partial charge in [-0.3, -0.25) is 0 Å². The Morgan fingerprint density at radius 2 is 0.960 bits per heavy atom. The van der Waals surface area contributed by atoms with E-state index in [2.05, 4.69) is 92.7 Å². The summed E-state index contributed by atoms with van der Waals surface area (Å²) in [6.07, 6.45) is 0. The molecule has 0 unspecified atom stereocenters. The molecule has 0 bridgehead atoms. The molecule has 1 aliphatic carbocycles. The predicted molar refractivity (Wildman–Crippen MR) is 213 cm³/mol. The molecule has 0 spiro atoms. The first-order valence-electron chi connectivity index (χ1n) is 19.1. The Kier molecular flexibility index (Phi) is 6.22. The lowest BCUT2D eigenvalue weighted by atomic mass is 9.82. The van der Waals surface area contributed by atoms with Crippen molar-refractivity contribution in [1.29, 1.82) is 0 Å². The molecule has 0 saturated heterocycles. The van der Waals surface area contributed by atoms with Gasteiger partial charge in [0.1, 0.15) is 0 Å². The molecule has 8 aromatic carbocycles. The summed E-state index contributed by atoms with van der Waals surface area (Å²) in [7, 11) is 0. The smallest absolute Gasteiger partial charge is 0.0645 e. The van der Waals surface area contributed by atoms with E-state index in [4.69, 9.17) is 0 Å². The number of nitrogens with zero attached hydrogens (tertiary/aromatic N) is 1. The van der Waals surface area contributed by atoms with Crippen molar-refractivity contribution >= 4 is 27.8 Å². The molecule has 0 aromatic heterocycles. The lowest BCUT2D eigenvalue weighted by molar-refractivity contribution is 0.660. The third-order valence-electron chi connectivity index (χ3n) is 10.1. The number of benzene rings is 8. The Bertz CT molecular complexity index is 2710. The summed E-state index contributed by atoms with van der Waals surface area (Å²) in [5.74, 6) is 0. The van der Waals surface area contributed by atoms with E-state index in [1.165, 1.54) is 16.5 Å². The molecule has 0 saturated carbocycles. The molecule has 0 aliphatic heterocycles. The molecule has 0 amide bonds. The second-order valence-electron chi connectivity index (χ2n) is 13.5. The van der Waals surface area contributed by atoms with Crippen LogP contribution in [0.4, 0.5) is 17.1 Å². The van der Waals surface area contributed by atoms with Crippen LogP contribution in [0.15, 0.2) is 188 Å². The van der Waals surface area contributed by atoms with Crippen LogP contribution in [0.2, 0.25) is 0 Å². The van der Waals surface area contributed by atoms with E-state index in [0.717, 1.165) is 50.1 Å². The third kappa shape index (κ3) is 5.19. The lowest BCUT2D eigenvalue weighted by Gasteiger charge is -2.28. The minimum Gasteiger partial charge on any atom is -0.310 e. The Morgan fingerprint density at radius 3 is 1.76 bits per heavy atom. The van der Waals surface area contributed by atoms with Crippen molar-refractivity contribution in [2.45, 2.75) is 19.3 Å². The van der Waals surface area contributed by atoms with E-state index >= 15 is 0 Å². The number of anilines is 3. The monoisotopic (exact) mass is 643 g/mol. The second-order valence-corrected chi connectivity index (χ2v) is 13.5. The average molecular weight is 644 g/mol. The number of hydrogen-bond donors (Lipinski definition) is 0. The van der Waals surface area contributed by atoms with Crippen molar-refractivity contribution in [3.05, 3.63) is 199 Å². The summed E-state index contributed by atoms with van der Waals surface area (Å²) >= 11 is 0. The largest absolute Gasteiger partial charge is 0.310 e. The van der Waals surface area contributed by atoms with Gasteiger partial charge in [-0.1, -0.05) is 159 Å².